The normalized spacial score (nSPS) is 17.8. The van der Waals surface area contributed by atoms with Gasteiger partial charge in [0.1, 0.15) is 0 Å². The molecule has 0 aliphatic heterocycles. The molecule has 0 heterocycles. The van der Waals surface area contributed by atoms with Gasteiger partial charge in [-0.15, -0.1) is 0 Å². The first kappa shape index (κ1) is 10.2. The predicted octanol–water partition coefficient (Wildman–Crippen LogP) is 1.74. The van der Waals surface area contributed by atoms with Crippen LogP contribution in [-0.2, 0) is 0 Å². The number of hydrogen-bond donors (Lipinski definition) is 2. The summed E-state index contributed by atoms with van der Waals surface area (Å²) in [6.45, 7) is 3.53. The van der Waals surface area contributed by atoms with E-state index in [1.807, 2.05) is 37.3 Å². The Balaban J connectivity index is 2.73. The minimum atomic E-state index is -0.582. The maximum absolute atomic E-state index is 9.80. The summed E-state index contributed by atoms with van der Waals surface area (Å²) in [6.07, 6.45) is -1.07. The highest BCUT2D eigenvalue weighted by Crippen LogP contribution is 2.23. The first-order valence-corrected chi connectivity index (χ1v) is 4.54. The molecular formula is C11H16O2. The summed E-state index contributed by atoms with van der Waals surface area (Å²) < 4.78 is 0. The van der Waals surface area contributed by atoms with Crippen LogP contribution in [0.5, 0.6) is 0 Å². The number of rotatable bonds is 3. The summed E-state index contributed by atoms with van der Waals surface area (Å²) in [4.78, 5) is 0. The molecule has 0 saturated carbocycles. The van der Waals surface area contributed by atoms with Crippen LogP contribution in [0.25, 0.3) is 0 Å². The summed E-state index contributed by atoms with van der Waals surface area (Å²) in [5.74, 6) is -0.137. The van der Waals surface area contributed by atoms with Gasteiger partial charge in [0.2, 0.25) is 0 Å². The fourth-order valence-electron chi connectivity index (χ4n) is 1.22. The largest absolute Gasteiger partial charge is 0.393 e. The third-order valence-corrected chi connectivity index (χ3v) is 2.40. The van der Waals surface area contributed by atoms with Crippen molar-refractivity contribution in [1.29, 1.82) is 0 Å². The molecule has 0 aliphatic carbocycles. The lowest BCUT2D eigenvalue weighted by Crippen LogP contribution is -2.20. The van der Waals surface area contributed by atoms with Crippen LogP contribution in [0, 0.1) is 5.92 Å². The molecule has 2 heteroatoms. The highest BCUT2D eigenvalue weighted by molar-refractivity contribution is 5.17. The van der Waals surface area contributed by atoms with Gasteiger partial charge in [0.05, 0.1) is 12.2 Å². The van der Waals surface area contributed by atoms with Crippen molar-refractivity contribution in [3.05, 3.63) is 35.9 Å². The van der Waals surface area contributed by atoms with Gasteiger partial charge in [-0.3, -0.25) is 0 Å². The molecule has 0 aliphatic rings. The van der Waals surface area contributed by atoms with Gasteiger partial charge in [-0.05, 0) is 12.5 Å². The van der Waals surface area contributed by atoms with E-state index in [4.69, 9.17) is 0 Å². The molecule has 0 aromatic heterocycles. The van der Waals surface area contributed by atoms with E-state index in [9.17, 15) is 10.2 Å². The van der Waals surface area contributed by atoms with Gasteiger partial charge >= 0.3 is 0 Å². The van der Waals surface area contributed by atoms with E-state index in [-0.39, 0.29) is 5.92 Å². The molecule has 1 aromatic carbocycles. The Labute approximate surface area is 78.8 Å². The van der Waals surface area contributed by atoms with E-state index >= 15 is 0 Å². The molecule has 3 atom stereocenters. The molecule has 0 fully saturated rings. The van der Waals surface area contributed by atoms with Crippen molar-refractivity contribution in [3.8, 4) is 0 Å². The second kappa shape index (κ2) is 4.40. The van der Waals surface area contributed by atoms with Crippen molar-refractivity contribution in [3.63, 3.8) is 0 Å². The molecule has 0 radical (unpaired) electrons. The first-order valence-electron chi connectivity index (χ1n) is 4.54. The number of aliphatic hydroxyl groups is 2. The Morgan fingerprint density at radius 1 is 1.00 bits per heavy atom. The predicted molar refractivity (Wildman–Crippen MR) is 52.2 cm³/mol. The van der Waals surface area contributed by atoms with Crippen molar-refractivity contribution in [2.24, 2.45) is 5.92 Å². The van der Waals surface area contributed by atoms with Crippen LogP contribution in [0.4, 0.5) is 0 Å². The van der Waals surface area contributed by atoms with E-state index in [0.717, 1.165) is 5.56 Å². The second-order valence-corrected chi connectivity index (χ2v) is 3.46. The zero-order valence-electron chi connectivity index (χ0n) is 8.01. The topological polar surface area (TPSA) is 40.5 Å². The Morgan fingerprint density at radius 2 is 1.54 bits per heavy atom. The fourth-order valence-corrected chi connectivity index (χ4v) is 1.22. The van der Waals surface area contributed by atoms with Gasteiger partial charge in [0, 0.05) is 5.92 Å². The molecule has 1 aromatic rings. The Bertz CT molecular complexity index is 244. The van der Waals surface area contributed by atoms with E-state index in [0.29, 0.717) is 0 Å². The van der Waals surface area contributed by atoms with Gasteiger partial charge in [-0.1, -0.05) is 37.3 Å². The van der Waals surface area contributed by atoms with Crippen LogP contribution in [0.15, 0.2) is 30.3 Å². The molecule has 0 unspecified atom stereocenters. The molecule has 0 bridgehead atoms. The van der Waals surface area contributed by atoms with Gasteiger partial charge in [-0.25, -0.2) is 0 Å². The number of benzene rings is 1. The summed E-state index contributed by atoms with van der Waals surface area (Å²) in [5.41, 5.74) is 0.857. The van der Waals surface area contributed by atoms with Gasteiger partial charge in [-0.2, -0.15) is 0 Å². The van der Waals surface area contributed by atoms with Gasteiger partial charge in [0.25, 0.3) is 0 Å². The van der Waals surface area contributed by atoms with E-state index in [2.05, 4.69) is 0 Å². The molecular weight excluding hydrogens is 164 g/mol. The molecule has 2 nitrogen and oxygen atoms in total. The monoisotopic (exact) mass is 180 g/mol. The zero-order chi connectivity index (χ0) is 9.84. The third kappa shape index (κ3) is 2.54. The Hall–Kier alpha value is -0.860. The highest BCUT2D eigenvalue weighted by atomic mass is 16.3. The molecule has 0 saturated heterocycles. The van der Waals surface area contributed by atoms with Crippen molar-refractivity contribution in [2.75, 3.05) is 0 Å². The average molecular weight is 180 g/mol. The SMILES string of the molecule is C[C@@H]([C@@H](C)O)[C@@H](O)c1ccccc1. The Morgan fingerprint density at radius 3 is 2.00 bits per heavy atom. The van der Waals surface area contributed by atoms with Crippen LogP contribution in [0.2, 0.25) is 0 Å². The molecule has 1 rings (SSSR count). The van der Waals surface area contributed by atoms with Crippen LogP contribution in [-0.4, -0.2) is 16.3 Å². The maximum atomic E-state index is 9.80. The molecule has 0 spiro atoms. The van der Waals surface area contributed by atoms with Gasteiger partial charge < -0.3 is 10.2 Å². The number of aliphatic hydroxyl groups excluding tert-OH is 2. The molecule has 0 amide bonds. The second-order valence-electron chi connectivity index (χ2n) is 3.46. The third-order valence-electron chi connectivity index (χ3n) is 2.40. The first-order chi connectivity index (χ1) is 6.13. The fraction of sp³-hybridized carbons (Fsp3) is 0.455. The smallest absolute Gasteiger partial charge is 0.0840 e. The summed E-state index contributed by atoms with van der Waals surface area (Å²) >= 11 is 0. The lowest BCUT2D eigenvalue weighted by molar-refractivity contribution is 0.0307. The highest BCUT2D eigenvalue weighted by Gasteiger charge is 2.19. The lowest BCUT2D eigenvalue weighted by Gasteiger charge is -2.21. The number of hydrogen-bond acceptors (Lipinski definition) is 2. The summed E-state index contributed by atoms with van der Waals surface area (Å²) in [7, 11) is 0. The van der Waals surface area contributed by atoms with Crippen molar-refractivity contribution in [1.82, 2.24) is 0 Å². The maximum Gasteiger partial charge on any atom is 0.0840 e. The molecule has 2 N–H and O–H groups in total. The molecule has 72 valence electrons. The van der Waals surface area contributed by atoms with E-state index in [1.165, 1.54) is 0 Å². The van der Waals surface area contributed by atoms with Crippen LogP contribution < -0.4 is 0 Å². The van der Waals surface area contributed by atoms with Crippen LogP contribution in [0.1, 0.15) is 25.5 Å². The van der Waals surface area contributed by atoms with Crippen molar-refractivity contribution in [2.45, 2.75) is 26.1 Å². The quantitative estimate of drug-likeness (QED) is 0.743. The zero-order valence-corrected chi connectivity index (χ0v) is 8.01. The minimum absolute atomic E-state index is 0.137. The lowest BCUT2D eigenvalue weighted by atomic mass is 9.93. The standard InChI is InChI=1S/C11H16O2/c1-8(9(2)12)11(13)10-6-4-3-5-7-10/h3-9,11-13H,1-2H3/t8-,9+,11+/m0/s1. The summed E-state index contributed by atoms with van der Waals surface area (Å²) in [6, 6.07) is 9.40. The summed E-state index contributed by atoms with van der Waals surface area (Å²) in [5, 5.41) is 19.1. The van der Waals surface area contributed by atoms with E-state index < -0.39 is 12.2 Å². The van der Waals surface area contributed by atoms with Crippen molar-refractivity contribution >= 4 is 0 Å². The molecule has 13 heavy (non-hydrogen) atoms. The van der Waals surface area contributed by atoms with Crippen LogP contribution >= 0.6 is 0 Å². The van der Waals surface area contributed by atoms with E-state index in [1.54, 1.807) is 6.92 Å². The minimum Gasteiger partial charge on any atom is -0.393 e. The average Bonchev–Trinajstić information content (AvgIpc) is 2.17. The van der Waals surface area contributed by atoms with Gasteiger partial charge in [0.15, 0.2) is 0 Å². The van der Waals surface area contributed by atoms with Crippen molar-refractivity contribution < 1.29 is 10.2 Å². The van der Waals surface area contributed by atoms with Crippen LogP contribution in [0.3, 0.4) is 0 Å². The Kier molecular flexibility index (Phi) is 3.46.